The van der Waals surface area contributed by atoms with Crippen LogP contribution in [0.25, 0.3) is 0 Å². The average molecular weight is 439 g/mol. The van der Waals surface area contributed by atoms with Crippen molar-refractivity contribution in [2.75, 3.05) is 5.32 Å². The first-order chi connectivity index (χ1) is 15.3. The number of tetrazole rings is 1. The van der Waals surface area contributed by atoms with Crippen molar-refractivity contribution < 1.29 is 9.59 Å². The predicted octanol–water partition coefficient (Wildman–Crippen LogP) is 4.35. The molecule has 2 amide bonds. The Kier molecular flexibility index (Phi) is 7.77. The molecule has 3 rings (SSSR count). The molecular weight excluding hydrogens is 404 g/mol. The molecule has 0 aliphatic heterocycles. The van der Waals surface area contributed by atoms with Crippen molar-refractivity contribution in [1.29, 1.82) is 0 Å². The summed E-state index contributed by atoms with van der Waals surface area (Å²) in [7, 11) is 0. The maximum Gasteiger partial charge on any atom is 0.270 e. The molecule has 1 fully saturated rings. The number of hydrogen-bond donors (Lipinski definition) is 2. The standard InChI is InChI=1S/C24H34N6O2/c1-5-6-7-21(31)30(20-14-12-19(13-15-20)24(2,3)4)16-17-8-10-18(11-9-17)22(32)25-23-26-28-29-27-23/h5,8-11,19-20H,1,6-7,12-16H2,2-4H3,(H2,25,26,27,28,29,32). The highest BCUT2D eigenvalue weighted by molar-refractivity contribution is 6.03. The molecule has 0 atom stereocenters. The third-order valence-electron chi connectivity index (χ3n) is 6.38. The molecule has 0 unspecified atom stereocenters. The van der Waals surface area contributed by atoms with Crippen molar-refractivity contribution in [2.24, 2.45) is 11.3 Å². The van der Waals surface area contributed by atoms with E-state index in [2.05, 4.69) is 53.3 Å². The molecule has 0 spiro atoms. The summed E-state index contributed by atoms with van der Waals surface area (Å²) in [5.74, 6) is 0.685. The molecule has 1 saturated carbocycles. The van der Waals surface area contributed by atoms with Crippen LogP contribution in [0.15, 0.2) is 36.9 Å². The minimum atomic E-state index is -0.308. The summed E-state index contributed by atoms with van der Waals surface area (Å²) in [6, 6.07) is 7.58. The van der Waals surface area contributed by atoms with Gasteiger partial charge >= 0.3 is 0 Å². The van der Waals surface area contributed by atoms with Crippen molar-refractivity contribution in [1.82, 2.24) is 25.5 Å². The normalized spacial score (nSPS) is 18.7. The van der Waals surface area contributed by atoms with Crippen LogP contribution in [0.1, 0.15) is 75.2 Å². The number of carbonyl (C=O) groups excluding carboxylic acids is 2. The van der Waals surface area contributed by atoms with E-state index in [0.29, 0.717) is 36.3 Å². The van der Waals surface area contributed by atoms with Crippen LogP contribution >= 0.6 is 0 Å². The van der Waals surface area contributed by atoms with Gasteiger partial charge in [-0.05, 0) is 66.3 Å². The number of nitrogens with zero attached hydrogens (tertiary/aromatic N) is 4. The SMILES string of the molecule is C=CCCC(=O)N(Cc1ccc(C(=O)Nc2nn[nH]n2)cc1)C1CCC(C(C)(C)C)CC1. The number of anilines is 1. The molecule has 1 aromatic heterocycles. The second-order valence-corrected chi connectivity index (χ2v) is 9.61. The van der Waals surface area contributed by atoms with E-state index in [4.69, 9.17) is 0 Å². The highest BCUT2D eigenvalue weighted by atomic mass is 16.2. The van der Waals surface area contributed by atoms with Crippen LogP contribution in [0.2, 0.25) is 0 Å². The minimum absolute atomic E-state index is 0.129. The first-order valence-electron chi connectivity index (χ1n) is 11.3. The third-order valence-corrected chi connectivity index (χ3v) is 6.38. The first kappa shape index (κ1) is 23.6. The van der Waals surface area contributed by atoms with Gasteiger partial charge in [-0.25, -0.2) is 0 Å². The zero-order valence-corrected chi connectivity index (χ0v) is 19.3. The fraction of sp³-hybridized carbons (Fsp3) is 0.542. The summed E-state index contributed by atoms with van der Waals surface area (Å²) in [5, 5.41) is 15.7. The number of rotatable bonds is 8. The van der Waals surface area contributed by atoms with E-state index in [-0.39, 0.29) is 23.8 Å². The number of aromatic nitrogens is 4. The topological polar surface area (TPSA) is 104 Å². The Morgan fingerprint density at radius 2 is 1.88 bits per heavy atom. The smallest absolute Gasteiger partial charge is 0.270 e. The summed E-state index contributed by atoms with van der Waals surface area (Å²) < 4.78 is 0. The molecule has 1 aromatic carbocycles. The molecular formula is C24H34N6O2. The van der Waals surface area contributed by atoms with Gasteiger partial charge in [0.25, 0.3) is 11.9 Å². The highest BCUT2D eigenvalue weighted by Crippen LogP contribution is 2.39. The highest BCUT2D eigenvalue weighted by Gasteiger charge is 2.33. The molecule has 172 valence electrons. The van der Waals surface area contributed by atoms with E-state index in [1.54, 1.807) is 18.2 Å². The van der Waals surface area contributed by atoms with Gasteiger partial charge < -0.3 is 4.90 Å². The van der Waals surface area contributed by atoms with Gasteiger partial charge in [-0.1, -0.05) is 44.1 Å². The van der Waals surface area contributed by atoms with Crippen molar-refractivity contribution in [2.45, 2.75) is 71.9 Å². The largest absolute Gasteiger partial charge is 0.335 e. The third kappa shape index (κ3) is 6.24. The Morgan fingerprint density at radius 1 is 1.19 bits per heavy atom. The lowest BCUT2D eigenvalue weighted by Crippen LogP contribution is -2.43. The molecule has 1 aliphatic carbocycles. The molecule has 32 heavy (non-hydrogen) atoms. The summed E-state index contributed by atoms with van der Waals surface area (Å²) in [4.78, 5) is 27.4. The first-order valence-corrected chi connectivity index (χ1v) is 11.3. The van der Waals surface area contributed by atoms with Crippen LogP contribution in [0.4, 0.5) is 5.95 Å². The molecule has 0 radical (unpaired) electrons. The monoisotopic (exact) mass is 438 g/mol. The van der Waals surface area contributed by atoms with E-state index in [9.17, 15) is 9.59 Å². The molecule has 0 saturated heterocycles. The van der Waals surface area contributed by atoms with Crippen LogP contribution in [-0.4, -0.2) is 43.4 Å². The van der Waals surface area contributed by atoms with E-state index in [1.807, 2.05) is 17.0 Å². The summed E-state index contributed by atoms with van der Waals surface area (Å²) in [6.07, 6.45) is 7.32. The molecule has 8 nitrogen and oxygen atoms in total. The van der Waals surface area contributed by atoms with Crippen molar-refractivity contribution >= 4 is 17.8 Å². The number of aromatic amines is 1. The van der Waals surface area contributed by atoms with Crippen molar-refractivity contribution in [3.05, 3.63) is 48.0 Å². The van der Waals surface area contributed by atoms with Gasteiger partial charge in [0.2, 0.25) is 5.91 Å². The second kappa shape index (κ2) is 10.5. The van der Waals surface area contributed by atoms with Crippen LogP contribution in [-0.2, 0) is 11.3 Å². The van der Waals surface area contributed by atoms with Crippen molar-refractivity contribution in [3.8, 4) is 0 Å². The number of allylic oxidation sites excluding steroid dienone is 1. The fourth-order valence-electron chi connectivity index (χ4n) is 4.39. The number of H-pyrrole nitrogens is 1. The lowest BCUT2D eigenvalue weighted by atomic mass is 9.71. The average Bonchev–Trinajstić information content (AvgIpc) is 3.28. The predicted molar refractivity (Wildman–Crippen MR) is 124 cm³/mol. The molecule has 1 heterocycles. The van der Waals surface area contributed by atoms with Crippen LogP contribution in [0.3, 0.4) is 0 Å². The quantitative estimate of drug-likeness (QED) is 0.596. The molecule has 2 aromatic rings. The number of carbonyl (C=O) groups is 2. The molecule has 8 heteroatoms. The molecule has 0 bridgehead atoms. The van der Waals surface area contributed by atoms with Gasteiger partial charge in [-0.15, -0.1) is 11.7 Å². The van der Waals surface area contributed by atoms with E-state index in [0.717, 1.165) is 31.2 Å². The number of hydrogen-bond acceptors (Lipinski definition) is 5. The van der Waals surface area contributed by atoms with Gasteiger partial charge in [-0.2, -0.15) is 5.21 Å². The Bertz CT molecular complexity index is 894. The van der Waals surface area contributed by atoms with Gasteiger partial charge in [-0.3, -0.25) is 14.9 Å². The lowest BCUT2D eigenvalue weighted by Gasteiger charge is -2.41. The summed E-state index contributed by atoms with van der Waals surface area (Å²) >= 11 is 0. The van der Waals surface area contributed by atoms with Crippen LogP contribution in [0, 0.1) is 11.3 Å². The fourth-order valence-corrected chi connectivity index (χ4v) is 4.39. The molecule has 2 N–H and O–H groups in total. The molecule has 1 aliphatic rings. The maximum atomic E-state index is 13.0. The van der Waals surface area contributed by atoms with Gasteiger partial charge in [0, 0.05) is 24.6 Å². The zero-order valence-electron chi connectivity index (χ0n) is 19.3. The zero-order chi connectivity index (χ0) is 23.1. The van der Waals surface area contributed by atoms with Crippen LogP contribution < -0.4 is 5.32 Å². The Balaban J connectivity index is 1.67. The van der Waals surface area contributed by atoms with Crippen molar-refractivity contribution in [3.63, 3.8) is 0 Å². The van der Waals surface area contributed by atoms with E-state index in [1.165, 1.54) is 0 Å². The van der Waals surface area contributed by atoms with Gasteiger partial charge in [0.1, 0.15) is 0 Å². The lowest BCUT2D eigenvalue weighted by molar-refractivity contribution is -0.135. The second-order valence-electron chi connectivity index (χ2n) is 9.61. The Labute approximate surface area is 189 Å². The van der Waals surface area contributed by atoms with Crippen LogP contribution in [0.5, 0.6) is 0 Å². The van der Waals surface area contributed by atoms with Gasteiger partial charge in [0.05, 0.1) is 0 Å². The number of benzene rings is 1. The number of amides is 2. The summed E-state index contributed by atoms with van der Waals surface area (Å²) in [5.41, 5.74) is 1.81. The maximum absolute atomic E-state index is 13.0. The minimum Gasteiger partial charge on any atom is -0.335 e. The Hall–Kier alpha value is -3.03. The van der Waals surface area contributed by atoms with E-state index < -0.39 is 0 Å². The Morgan fingerprint density at radius 3 is 2.44 bits per heavy atom. The number of nitrogens with one attached hydrogen (secondary N) is 2. The summed E-state index contributed by atoms with van der Waals surface area (Å²) in [6.45, 7) is 11.2. The van der Waals surface area contributed by atoms with E-state index >= 15 is 0 Å². The van der Waals surface area contributed by atoms with Gasteiger partial charge in [0.15, 0.2) is 0 Å².